The van der Waals surface area contributed by atoms with Gasteiger partial charge in [0.15, 0.2) is 5.96 Å². The predicted molar refractivity (Wildman–Crippen MR) is 45.6 cm³/mol. The lowest BCUT2D eigenvalue weighted by Gasteiger charge is -2.43. The third-order valence-corrected chi connectivity index (χ3v) is 2.09. The molecule has 64 valence electrons. The maximum Gasteiger partial charge on any atom is 0.188 e. The van der Waals surface area contributed by atoms with Crippen molar-refractivity contribution in [3.63, 3.8) is 0 Å². The summed E-state index contributed by atoms with van der Waals surface area (Å²) in [5.41, 5.74) is 5.41. The van der Waals surface area contributed by atoms with Crippen LogP contribution in [0.4, 0.5) is 0 Å². The summed E-state index contributed by atoms with van der Waals surface area (Å²) in [5, 5.41) is 10.6. The fraction of sp³-hybridized carbons (Fsp3) is 0.857. The van der Waals surface area contributed by atoms with Crippen molar-refractivity contribution in [3.05, 3.63) is 0 Å². The second-order valence-electron chi connectivity index (χ2n) is 3.53. The highest BCUT2D eigenvalue weighted by Crippen LogP contribution is 2.14. The van der Waals surface area contributed by atoms with Gasteiger partial charge in [-0.1, -0.05) is 0 Å². The van der Waals surface area contributed by atoms with Gasteiger partial charge in [-0.25, -0.2) is 0 Å². The zero-order valence-electron chi connectivity index (χ0n) is 7.15. The topological polar surface area (TPSA) is 65.1 Å². The molecule has 0 bridgehead atoms. The van der Waals surface area contributed by atoms with Gasteiger partial charge < -0.3 is 16.0 Å². The zero-order chi connectivity index (χ0) is 8.48. The van der Waals surface area contributed by atoms with Gasteiger partial charge in [-0.3, -0.25) is 5.41 Å². The standard InChI is InChI=1S/C7H16N4/c1-7(2)5-10-3-4-11(7)6(8)9/h10H,3-5H2,1-2H3,(H3,8,9). The number of hydrogen-bond acceptors (Lipinski definition) is 2. The summed E-state index contributed by atoms with van der Waals surface area (Å²) in [6, 6.07) is 0. The van der Waals surface area contributed by atoms with Gasteiger partial charge >= 0.3 is 0 Å². The molecule has 1 aliphatic heterocycles. The molecule has 0 radical (unpaired) electrons. The van der Waals surface area contributed by atoms with Gasteiger partial charge in [0.2, 0.25) is 0 Å². The Bertz CT molecular complexity index is 164. The van der Waals surface area contributed by atoms with E-state index in [0.29, 0.717) is 0 Å². The lowest BCUT2D eigenvalue weighted by Crippen LogP contribution is -2.61. The first kappa shape index (κ1) is 8.33. The number of nitrogens with zero attached hydrogens (tertiary/aromatic N) is 1. The van der Waals surface area contributed by atoms with Crippen LogP contribution in [0.15, 0.2) is 0 Å². The molecule has 1 rings (SSSR count). The molecule has 1 fully saturated rings. The molecule has 0 unspecified atom stereocenters. The van der Waals surface area contributed by atoms with Crippen LogP contribution in [0.3, 0.4) is 0 Å². The summed E-state index contributed by atoms with van der Waals surface area (Å²) in [5.74, 6) is 0.177. The Hall–Kier alpha value is -0.770. The number of nitrogens with two attached hydrogens (primary N) is 1. The lowest BCUT2D eigenvalue weighted by atomic mass is 10.0. The normalized spacial score (nSPS) is 23.3. The van der Waals surface area contributed by atoms with E-state index < -0.39 is 0 Å². The van der Waals surface area contributed by atoms with Crippen molar-refractivity contribution in [1.29, 1.82) is 5.41 Å². The minimum atomic E-state index is -0.00984. The van der Waals surface area contributed by atoms with Gasteiger partial charge in [-0.05, 0) is 13.8 Å². The van der Waals surface area contributed by atoms with Crippen molar-refractivity contribution in [2.75, 3.05) is 19.6 Å². The summed E-state index contributed by atoms with van der Waals surface area (Å²) in [7, 11) is 0. The Labute approximate surface area is 67.3 Å². The monoisotopic (exact) mass is 156 g/mol. The highest BCUT2D eigenvalue weighted by molar-refractivity contribution is 5.75. The summed E-state index contributed by atoms with van der Waals surface area (Å²) in [4.78, 5) is 1.92. The van der Waals surface area contributed by atoms with Gasteiger partial charge in [-0.15, -0.1) is 0 Å². The number of nitrogens with one attached hydrogen (secondary N) is 2. The Morgan fingerprint density at radius 3 is 2.64 bits per heavy atom. The molecule has 4 nitrogen and oxygen atoms in total. The van der Waals surface area contributed by atoms with E-state index in [1.807, 2.05) is 4.90 Å². The molecule has 0 atom stereocenters. The van der Waals surface area contributed by atoms with Crippen LogP contribution in [-0.4, -0.2) is 36.0 Å². The minimum Gasteiger partial charge on any atom is -0.370 e. The Balaban J connectivity index is 2.67. The SMILES string of the molecule is CC1(C)CNCCN1C(=N)N. The molecule has 1 saturated heterocycles. The summed E-state index contributed by atoms with van der Waals surface area (Å²) in [6.07, 6.45) is 0. The Kier molecular flexibility index (Phi) is 2.04. The Morgan fingerprint density at radius 1 is 1.64 bits per heavy atom. The molecule has 0 aromatic rings. The van der Waals surface area contributed by atoms with Crippen LogP contribution in [0.5, 0.6) is 0 Å². The number of guanidine groups is 1. The van der Waals surface area contributed by atoms with E-state index in [2.05, 4.69) is 19.2 Å². The highest BCUT2D eigenvalue weighted by atomic mass is 15.3. The van der Waals surface area contributed by atoms with Gasteiger partial charge in [-0.2, -0.15) is 0 Å². The molecule has 1 aliphatic rings. The van der Waals surface area contributed by atoms with E-state index in [4.69, 9.17) is 11.1 Å². The van der Waals surface area contributed by atoms with Gasteiger partial charge in [0.25, 0.3) is 0 Å². The van der Waals surface area contributed by atoms with Crippen LogP contribution in [0.25, 0.3) is 0 Å². The van der Waals surface area contributed by atoms with Crippen molar-refractivity contribution >= 4 is 5.96 Å². The van der Waals surface area contributed by atoms with E-state index in [9.17, 15) is 0 Å². The molecule has 1 heterocycles. The van der Waals surface area contributed by atoms with E-state index in [1.54, 1.807) is 0 Å². The van der Waals surface area contributed by atoms with Crippen molar-refractivity contribution in [2.45, 2.75) is 19.4 Å². The maximum absolute atomic E-state index is 7.32. The summed E-state index contributed by atoms with van der Waals surface area (Å²) >= 11 is 0. The van der Waals surface area contributed by atoms with Crippen molar-refractivity contribution < 1.29 is 0 Å². The molecule has 0 aliphatic carbocycles. The molecule has 0 saturated carbocycles. The van der Waals surface area contributed by atoms with Gasteiger partial charge in [0.1, 0.15) is 0 Å². The lowest BCUT2D eigenvalue weighted by molar-refractivity contribution is 0.170. The van der Waals surface area contributed by atoms with Crippen LogP contribution < -0.4 is 11.1 Å². The van der Waals surface area contributed by atoms with Crippen LogP contribution >= 0.6 is 0 Å². The molecule has 0 aromatic carbocycles. The van der Waals surface area contributed by atoms with Crippen LogP contribution in [0.2, 0.25) is 0 Å². The molecule has 4 N–H and O–H groups in total. The second kappa shape index (κ2) is 2.70. The highest BCUT2D eigenvalue weighted by Gasteiger charge is 2.29. The third kappa shape index (κ3) is 1.63. The third-order valence-electron chi connectivity index (χ3n) is 2.09. The van der Waals surface area contributed by atoms with E-state index in [0.717, 1.165) is 19.6 Å². The zero-order valence-corrected chi connectivity index (χ0v) is 7.15. The quantitative estimate of drug-likeness (QED) is 0.329. The molecular weight excluding hydrogens is 140 g/mol. The molecule has 11 heavy (non-hydrogen) atoms. The first-order chi connectivity index (χ1) is 5.04. The molecule has 0 spiro atoms. The maximum atomic E-state index is 7.32. The summed E-state index contributed by atoms with van der Waals surface area (Å²) in [6.45, 7) is 6.82. The largest absolute Gasteiger partial charge is 0.370 e. The number of piperazine rings is 1. The molecule has 0 amide bonds. The molecular formula is C7H16N4. The predicted octanol–water partition coefficient (Wildman–Crippen LogP) is -0.436. The van der Waals surface area contributed by atoms with Gasteiger partial charge in [0, 0.05) is 25.2 Å². The fourth-order valence-electron chi connectivity index (χ4n) is 1.43. The average molecular weight is 156 g/mol. The molecule has 4 heteroatoms. The summed E-state index contributed by atoms with van der Waals surface area (Å²) < 4.78 is 0. The van der Waals surface area contributed by atoms with Crippen molar-refractivity contribution in [2.24, 2.45) is 5.73 Å². The minimum absolute atomic E-state index is 0.00984. The van der Waals surface area contributed by atoms with Gasteiger partial charge in [0.05, 0.1) is 0 Å². The smallest absolute Gasteiger partial charge is 0.188 e. The average Bonchev–Trinajstić information content (AvgIpc) is 1.85. The van der Waals surface area contributed by atoms with E-state index in [1.165, 1.54) is 0 Å². The molecule has 0 aromatic heterocycles. The number of rotatable bonds is 0. The Morgan fingerprint density at radius 2 is 2.27 bits per heavy atom. The van der Waals surface area contributed by atoms with Crippen molar-refractivity contribution in [3.8, 4) is 0 Å². The van der Waals surface area contributed by atoms with E-state index in [-0.39, 0.29) is 11.5 Å². The first-order valence-electron chi connectivity index (χ1n) is 3.86. The van der Waals surface area contributed by atoms with Crippen LogP contribution in [0.1, 0.15) is 13.8 Å². The van der Waals surface area contributed by atoms with Crippen LogP contribution in [-0.2, 0) is 0 Å². The van der Waals surface area contributed by atoms with Crippen molar-refractivity contribution in [1.82, 2.24) is 10.2 Å². The van der Waals surface area contributed by atoms with Crippen LogP contribution in [0, 0.1) is 5.41 Å². The second-order valence-corrected chi connectivity index (χ2v) is 3.53. The van der Waals surface area contributed by atoms with E-state index >= 15 is 0 Å². The number of hydrogen-bond donors (Lipinski definition) is 3. The first-order valence-corrected chi connectivity index (χ1v) is 3.86. The fourth-order valence-corrected chi connectivity index (χ4v) is 1.43.